The van der Waals surface area contributed by atoms with Gasteiger partial charge in [0.05, 0.1) is 7.11 Å². The molecule has 3 rings (SSSR count). The average molecular weight is 384 g/mol. The Hall–Kier alpha value is -2.89. The molecular formula is C22H25FN2O3. The number of ether oxygens (including phenoxy) is 1. The third kappa shape index (κ3) is 5.09. The van der Waals surface area contributed by atoms with Crippen molar-refractivity contribution >= 4 is 11.8 Å². The van der Waals surface area contributed by atoms with Crippen LogP contribution in [0.2, 0.25) is 0 Å². The van der Waals surface area contributed by atoms with Gasteiger partial charge >= 0.3 is 0 Å². The quantitative estimate of drug-likeness (QED) is 0.830. The van der Waals surface area contributed by atoms with Gasteiger partial charge in [0.15, 0.2) is 0 Å². The summed E-state index contributed by atoms with van der Waals surface area (Å²) in [5.74, 6) is 0.150. The van der Waals surface area contributed by atoms with Gasteiger partial charge in [-0.05, 0) is 48.2 Å². The Labute approximate surface area is 164 Å². The predicted octanol–water partition coefficient (Wildman–Crippen LogP) is 3.42. The fourth-order valence-corrected chi connectivity index (χ4v) is 3.48. The molecule has 2 aromatic rings. The van der Waals surface area contributed by atoms with E-state index >= 15 is 0 Å². The third-order valence-electron chi connectivity index (χ3n) is 4.96. The summed E-state index contributed by atoms with van der Waals surface area (Å²) in [7, 11) is 1.60. The Balaban J connectivity index is 1.73. The van der Waals surface area contributed by atoms with Gasteiger partial charge in [-0.3, -0.25) is 9.59 Å². The second kappa shape index (κ2) is 9.35. The van der Waals surface area contributed by atoms with Gasteiger partial charge in [-0.15, -0.1) is 0 Å². The molecule has 1 N–H and O–H groups in total. The van der Waals surface area contributed by atoms with E-state index in [4.69, 9.17) is 4.74 Å². The van der Waals surface area contributed by atoms with E-state index in [9.17, 15) is 14.0 Å². The van der Waals surface area contributed by atoms with Crippen molar-refractivity contribution in [3.8, 4) is 5.75 Å². The molecule has 148 valence electrons. The van der Waals surface area contributed by atoms with Gasteiger partial charge in [0, 0.05) is 19.5 Å². The van der Waals surface area contributed by atoms with Crippen LogP contribution in [0.4, 0.5) is 4.39 Å². The van der Waals surface area contributed by atoms with E-state index in [-0.39, 0.29) is 24.2 Å². The summed E-state index contributed by atoms with van der Waals surface area (Å²) in [5.41, 5.74) is 1.60. The topological polar surface area (TPSA) is 58.6 Å². The number of carbonyl (C=O) groups is 2. The molecule has 28 heavy (non-hydrogen) atoms. The molecule has 0 bridgehead atoms. The van der Waals surface area contributed by atoms with Crippen LogP contribution >= 0.6 is 0 Å². The Kier molecular flexibility index (Phi) is 6.63. The first kappa shape index (κ1) is 19.9. The first-order chi connectivity index (χ1) is 13.6. The number of nitrogens with zero attached hydrogens (tertiary/aromatic N) is 1. The SMILES string of the molecule is COc1cccc(CN2C(=O)CCCCC2C(=O)NCc2cccc(F)c2)c1. The molecular weight excluding hydrogens is 359 g/mol. The average Bonchev–Trinajstić information content (AvgIpc) is 2.88. The highest BCUT2D eigenvalue weighted by Gasteiger charge is 2.31. The second-order valence-corrected chi connectivity index (χ2v) is 6.98. The van der Waals surface area contributed by atoms with Gasteiger partial charge in [-0.2, -0.15) is 0 Å². The predicted molar refractivity (Wildman–Crippen MR) is 104 cm³/mol. The van der Waals surface area contributed by atoms with Crippen LogP contribution in [0, 0.1) is 5.82 Å². The number of methoxy groups -OCH3 is 1. The van der Waals surface area contributed by atoms with E-state index in [1.807, 2.05) is 24.3 Å². The molecule has 1 saturated heterocycles. The Morgan fingerprint density at radius 1 is 1.18 bits per heavy atom. The number of rotatable bonds is 6. The van der Waals surface area contributed by atoms with E-state index in [1.54, 1.807) is 24.1 Å². The second-order valence-electron chi connectivity index (χ2n) is 6.98. The molecule has 1 aliphatic rings. The Morgan fingerprint density at radius 2 is 1.96 bits per heavy atom. The molecule has 2 amide bonds. The maximum absolute atomic E-state index is 13.3. The maximum Gasteiger partial charge on any atom is 0.243 e. The molecule has 1 aliphatic heterocycles. The zero-order chi connectivity index (χ0) is 19.9. The number of amides is 2. The Bertz CT molecular complexity index is 840. The minimum atomic E-state index is -0.533. The number of halogens is 1. The lowest BCUT2D eigenvalue weighted by molar-refractivity contribution is -0.140. The standard InChI is InChI=1S/C22H25FN2O3/c1-28-19-9-5-7-17(13-19)15-25-20(10-2-3-11-21(25)26)22(27)24-14-16-6-4-8-18(23)12-16/h4-9,12-13,20H,2-3,10-11,14-15H2,1H3,(H,24,27). The van der Waals surface area contributed by atoms with Gasteiger partial charge in [0.1, 0.15) is 17.6 Å². The summed E-state index contributed by atoms with van der Waals surface area (Å²) in [5, 5.41) is 2.86. The molecule has 1 heterocycles. The monoisotopic (exact) mass is 384 g/mol. The van der Waals surface area contributed by atoms with Crippen molar-refractivity contribution < 1.29 is 18.7 Å². The summed E-state index contributed by atoms with van der Waals surface area (Å²) in [6, 6.07) is 13.1. The minimum absolute atomic E-state index is 0.0220. The zero-order valence-electron chi connectivity index (χ0n) is 16.0. The van der Waals surface area contributed by atoms with Crippen LogP contribution in [0.3, 0.4) is 0 Å². The van der Waals surface area contributed by atoms with Crippen LogP contribution in [0.15, 0.2) is 48.5 Å². The van der Waals surface area contributed by atoms with Gasteiger partial charge in [-0.1, -0.05) is 30.7 Å². The van der Waals surface area contributed by atoms with Crippen molar-refractivity contribution in [1.82, 2.24) is 10.2 Å². The molecule has 1 fully saturated rings. The third-order valence-corrected chi connectivity index (χ3v) is 4.96. The molecule has 0 saturated carbocycles. The van der Waals surface area contributed by atoms with Crippen molar-refractivity contribution in [2.24, 2.45) is 0 Å². The molecule has 1 atom stereocenters. The lowest BCUT2D eigenvalue weighted by Crippen LogP contribution is -2.48. The Morgan fingerprint density at radius 3 is 2.75 bits per heavy atom. The van der Waals surface area contributed by atoms with Gasteiger partial charge in [0.2, 0.25) is 11.8 Å². The normalized spacial score (nSPS) is 17.1. The van der Waals surface area contributed by atoms with E-state index in [0.29, 0.717) is 30.7 Å². The summed E-state index contributed by atoms with van der Waals surface area (Å²) < 4.78 is 18.6. The highest BCUT2D eigenvalue weighted by Crippen LogP contribution is 2.22. The lowest BCUT2D eigenvalue weighted by Gasteiger charge is -2.29. The summed E-state index contributed by atoms with van der Waals surface area (Å²) in [6.45, 7) is 0.586. The molecule has 0 aromatic heterocycles. The largest absolute Gasteiger partial charge is 0.497 e. The highest BCUT2D eigenvalue weighted by molar-refractivity contribution is 5.88. The summed E-state index contributed by atoms with van der Waals surface area (Å²) in [6.07, 6.45) is 2.65. The van der Waals surface area contributed by atoms with E-state index < -0.39 is 6.04 Å². The van der Waals surface area contributed by atoms with Crippen molar-refractivity contribution in [2.75, 3.05) is 7.11 Å². The van der Waals surface area contributed by atoms with E-state index in [1.165, 1.54) is 12.1 Å². The number of carbonyl (C=O) groups excluding carboxylic acids is 2. The van der Waals surface area contributed by atoms with Crippen LogP contribution in [0.25, 0.3) is 0 Å². The molecule has 0 radical (unpaired) electrons. The van der Waals surface area contributed by atoms with Crippen LogP contribution in [0.5, 0.6) is 5.75 Å². The van der Waals surface area contributed by atoms with Crippen LogP contribution in [-0.4, -0.2) is 29.9 Å². The number of benzene rings is 2. The van der Waals surface area contributed by atoms with Crippen molar-refractivity contribution in [1.29, 1.82) is 0 Å². The number of nitrogens with one attached hydrogen (secondary N) is 1. The number of hydrogen-bond acceptors (Lipinski definition) is 3. The van der Waals surface area contributed by atoms with E-state index in [0.717, 1.165) is 18.4 Å². The zero-order valence-corrected chi connectivity index (χ0v) is 16.0. The van der Waals surface area contributed by atoms with Crippen LogP contribution < -0.4 is 10.1 Å². The van der Waals surface area contributed by atoms with Crippen molar-refractivity contribution in [3.05, 3.63) is 65.5 Å². The van der Waals surface area contributed by atoms with Gasteiger partial charge < -0.3 is 15.0 Å². The smallest absolute Gasteiger partial charge is 0.243 e. The van der Waals surface area contributed by atoms with Crippen LogP contribution in [-0.2, 0) is 22.7 Å². The van der Waals surface area contributed by atoms with Crippen LogP contribution in [0.1, 0.15) is 36.8 Å². The molecule has 0 aliphatic carbocycles. The highest BCUT2D eigenvalue weighted by atomic mass is 19.1. The molecule has 6 heteroatoms. The number of hydrogen-bond donors (Lipinski definition) is 1. The molecule has 0 spiro atoms. The maximum atomic E-state index is 13.3. The van der Waals surface area contributed by atoms with Crippen molar-refractivity contribution in [2.45, 2.75) is 44.8 Å². The van der Waals surface area contributed by atoms with Crippen molar-refractivity contribution in [3.63, 3.8) is 0 Å². The number of likely N-dealkylation sites (tertiary alicyclic amines) is 1. The fourth-order valence-electron chi connectivity index (χ4n) is 3.48. The molecule has 5 nitrogen and oxygen atoms in total. The molecule has 1 unspecified atom stereocenters. The lowest BCUT2D eigenvalue weighted by atomic mass is 10.1. The van der Waals surface area contributed by atoms with E-state index in [2.05, 4.69) is 5.32 Å². The molecule has 2 aromatic carbocycles. The van der Waals surface area contributed by atoms with Gasteiger partial charge in [-0.25, -0.2) is 4.39 Å². The summed E-state index contributed by atoms with van der Waals surface area (Å²) in [4.78, 5) is 27.2. The minimum Gasteiger partial charge on any atom is -0.497 e. The van der Waals surface area contributed by atoms with Gasteiger partial charge in [0.25, 0.3) is 0 Å². The first-order valence-electron chi connectivity index (χ1n) is 9.51. The first-order valence-corrected chi connectivity index (χ1v) is 9.51. The summed E-state index contributed by atoms with van der Waals surface area (Å²) >= 11 is 0. The fraction of sp³-hybridized carbons (Fsp3) is 0.364.